The van der Waals surface area contributed by atoms with Gasteiger partial charge in [0.1, 0.15) is 18.0 Å². The predicted octanol–water partition coefficient (Wildman–Crippen LogP) is 4.46. The third-order valence-corrected chi connectivity index (χ3v) is 5.85. The summed E-state index contributed by atoms with van der Waals surface area (Å²) in [5, 5.41) is 2.28. The number of carbonyl (C=O) groups excluding carboxylic acids is 3. The van der Waals surface area contributed by atoms with E-state index in [0.717, 1.165) is 22.6 Å². The lowest BCUT2D eigenvalue weighted by molar-refractivity contribution is -0.122. The summed E-state index contributed by atoms with van der Waals surface area (Å²) in [6, 6.07) is 12.2. The van der Waals surface area contributed by atoms with Crippen molar-refractivity contribution in [2.24, 2.45) is 0 Å². The van der Waals surface area contributed by atoms with Gasteiger partial charge in [-0.1, -0.05) is 17.7 Å². The second-order valence-electron chi connectivity index (χ2n) is 7.94. The number of rotatable bonds is 6. The first-order chi connectivity index (χ1) is 17.8. The van der Waals surface area contributed by atoms with Crippen molar-refractivity contribution in [2.75, 3.05) is 18.8 Å². The van der Waals surface area contributed by atoms with Gasteiger partial charge in [-0.05, 0) is 65.7 Å². The van der Waals surface area contributed by atoms with Crippen molar-refractivity contribution in [3.05, 3.63) is 82.1 Å². The number of amides is 4. The van der Waals surface area contributed by atoms with Crippen LogP contribution in [0.15, 0.2) is 60.2 Å². The summed E-state index contributed by atoms with van der Waals surface area (Å²) in [5.74, 6) is -0.516. The number of hydrogen-bond acceptors (Lipinski definition) is 7. The molecule has 0 saturated carbocycles. The maximum Gasteiger partial charge on any atom is 0.335 e. The molecule has 0 radical (unpaired) electrons. The third kappa shape index (κ3) is 4.78. The number of imide groups is 2. The van der Waals surface area contributed by atoms with E-state index in [0.29, 0.717) is 17.1 Å². The van der Waals surface area contributed by atoms with E-state index in [1.165, 1.54) is 37.5 Å². The van der Waals surface area contributed by atoms with Crippen LogP contribution < -0.4 is 29.2 Å². The van der Waals surface area contributed by atoms with Crippen LogP contribution in [0, 0.1) is 5.82 Å². The Morgan fingerprint density at radius 3 is 2.57 bits per heavy atom. The van der Waals surface area contributed by atoms with E-state index < -0.39 is 23.7 Å². The Hall–Kier alpha value is -4.57. The molecule has 2 aliphatic heterocycles. The average molecular weight is 525 g/mol. The second-order valence-corrected chi connectivity index (χ2v) is 8.35. The molecule has 3 aromatic carbocycles. The molecule has 0 unspecified atom stereocenters. The number of barbiturate groups is 1. The van der Waals surface area contributed by atoms with E-state index in [4.69, 9.17) is 30.5 Å². The molecule has 0 bridgehead atoms. The number of nitrogens with zero attached hydrogens (tertiary/aromatic N) is 1. The fraction of sp³-hybridized carbons (Fsp3) is 0.115. The zero-order valence-corrected chi connectivity index (χ0v) is 20.0. The van der Waals surface area contributed by atoms with Gasteiger partial charge in [-0.25, -0.2) is 14.1 Å². The van der Waals surface area contributed by atoms with Crippen LogP contribution in [0.4, 0.5) is 14.9 Å². The Labute approximate surface area is 214 Å². The molecule has 188 valence electrons. The standard InChI is InChI=1S/C26H18ClFN2O7/c1-34-22-11-15(9-19(27)23(22)35-12-14-2-7-20-21(10-14)37-13-36-20)8-18-24(31)29-26(33)30(25(18)32)17-5-3-16(28)4-6-17/h2-11H,12-13H2,1H3,(H,29,31,33)/b18-8+. The summed E-state index contributed by atoms with van der Waals surface area (Å²) < 4.78 is 35.3. The van der Waals surface area contributed by atoms with Crippen molar-refractivity contribution < 1.29 is 37.7 Å². The molecular formula is C26H18ClFN2O7. The Morgan fingerprint density at radius 2 is 1.81 bits per heavy atom. The molecule has 5 rings (SSSR count). The minimum Gasteiger partial charge on any atom is -0.493 e. The number of ether oxygens (including phenoxy) is 4. The maximum atomic E-state index is 13.3. The summed E-state index contributed by atoms with van der Waals surface area (Å²) in [6.07, 6.45) is 1.27. The zero-order valence-electron chi connectivity index (χ0n) is 19.2. The lowest BCUT2D eigenvalue weighted by Crippen LogP contribution is -2.54. The minimum absolute atomic E-state index is 0.102. The molecule has 1 N–H and O–H groups in total. The van der Waals surface area contributed by atoms with Gasteiger partial charge in [0.25, 0.3) is 11.8 Å². The molecule has 3 aromatic rings. The highest BCUT2D eigenvalue weighted by molar-refractivity contribution is 6.39. The quantitative estimate of drug-likeness (QED) is 0.375. The molecule has 2 aliphatic rings. The van der Waals surface area contributed by atoms with Crippen LogP contribution in [-0.4, -0.2) is 31.7 Å². The first-order valence-electron chi connectivity index (χ1n) is 10.9. The molecule has 1 fully saturated rings. The lowest BCUT2D eigenvalue weighted by Gasteiger charge is -2.26. The number of hydrogen-bond donors (Lipinski definition) is 1. The maximum absolute atomic E-state index is 13.3. The van der Waals surface area contributed by atoms with Crippen molar-refractivity contribution in [1.82, 2.24) is 5.32 Å². The Balaban J connectivity index is 1.41. The summed E-state index contributed by atoms with van der Waals surface area (Å²) >= 11 is 6.46. The summed E-state index contributed by atoms with van der Waals surface area (Å²) in [5.41, 5.74) is 0.939. The molecule has 11 heteroatoms. The fourth-order valence-electron chi connectivity index (χ4n) is 3.80. The monoisotopic (exact) mass is 524 g/mol. The van der Waals surface area contributed by atoms with E-state index in [9.17, 15) is 18.8 Å². The van der Waals surface area contributed by atoms with Gasteiger partial charge in [-0.3, -0.25) is 14.9 Å². The lowest BCUT2D eigenvalue weighted by atomic mass is 10.1. The Morgan fingerprint density at radius 1 is 1.05 bits per heavy atom. The number of urea groups is 1. The summed E-state index contributed by atoms with van der Waals surface area (Å²) in [7, 11) is 1.42. The van der Waals surface area contributed by atoms with Crippen LogP contribution in [0.3, 0.4) is 0 Å². The SMILES string of the molecule is COc1cc(/C=C2\C(=O)NC(=O)N(c3ccc(F)cc3)C2=O)cc(Cl)c1OCc1ccc2c(c1)OCO2. The topological polar surface area (TPSA) is 103 Å². The third-order valence-electron chi connectivity index (χ3n) is 5.57. The van der Waals surface area contributed by atoms with E-state index in [1.54, 1.807) is 12.1 Å². The normalized spacial score (nSPS) is 15.7. The molecule has 0 spiro atoms. The summed E-state index contributed by atoms with van der Waals surface area (Å²) in [6.45, 7) is 0.315. The van der Waals surface area contributed by atoms with Gasteiger partial charge in [0.15, 0.2) is 23.0 Å². The molecule has 0 aliphatic carbocycles. The molecule has 1 saturated heterocycles. The van der Waals surface area contributed by atoms with Crippen LogP contribution in [0.25, 0.3) is 6.08 Å². The van der Waals surface area contributed by atoms with Gasteiger partial charge in [0.05, 0.1) is 17.8 Å². The van der Waals surface area contributed by atoms with Crippen molar-refractivity contribution >= 4 is 41.2 Å². The highest BCUT2D eigenvalue weighted by Gasteiger charge is 2.37. The van der Waals surface area contributed by atoms with Crippen LogP contribution in [0.2, 0.25) is 5.02 Å². The highest BCUT2D eigenvalue weighted by atomic mass is 35.5. The van der Waals surface area contributed by atoms with Crippen molar-refractivity contribution in [1.29, 1.82) is 0 Å². The fourth-order valence-corrected chi connectivity index (χ4v) is 4.07. The molecule has 2 heterocycles. The summed E-state index contributed by atoms with van der Waals surface area (Å²) in [4.78, 5) is 38.6. The number of halogens is 2. The molecule has 9 nitrogen and oxygen atoms in total. The molecule has 4 amide bonds. The predicted molar refractivity (Wildman–Crippen MR) is 130 cm³/mol. The smallest absolute Gasteiger partial charge is 0.335 e. The van der Waals surface area contributed by atoms with Gasteiger partial charge in [-0.15, -0.1) is 0 Å². The first-order valence-corrected chi connectivity index (χ1v) is 11.3. The van der Waals surface area contributed by atoms with E-state index >= 15 is 0 Å². The van der Waals surface area contributed by atoms with Gasteiger partial charge < -0.3 is 18.9 Å². The molecular weight excluding hydrogens is 507 g/mol. The largest absolute Gasteiger partial charge is 0.493 e. The van der Waals surface area contributed by atoms with Crippen molar-refractivity contribution in [3.63, 3.8) is 0 Å². The number of fused-ring (bicyclic) bond motifs is 1. The molecule has 37 heavy (non-hydrogen) atoms. The van der Waals surface area contributed by atoms with E-state index in [1.807, 2.05) is 6.07 Å². The van der Waals surface area contributed by atoms with Crippen LogP contribution in [0.5, 0.6) is 23.0 Å². The first kappa shape index (κ1) is 24.1. The Bertz CT molecular complexity index is 1460. The minimum atomic E-state index is -0.943. The Kier molecular flexibility index (Phi) is 6.41. The van der Waals surface area contributed by atoms with Gasteiger partial charge >= 0.3 is 6.03 Å². The molecule has 0 aromatic heterocycles. The van der Waals surface area contributed by atoms with Gasteiger partial charge in [-0.2, -0.15) is 0 Å². The van der Waals surface area contributed by atoms with Crippen LogP contribution in [0.1, 0.15) is 11.1 Å². The number of nitrogens with one attached hydrogen (secondary N) is 1. The highest BCUT2D eigenvalue weighted by Crippen LogP contribution is 2.39. The van der Waals surface area contributed by atoms with E-state index in [2.05, 4.69) is 5.32 Å². The van der Waals surface area contributed by atoms with Gasteiger partial charge in [0, 0.05) is 0 Å². The zero-order chi connectivity index (χ0) is 26.1. The van der Waals surface area contributed by atoms with Gasteiger partial charge in [0.2, 0.25) is 6.79 Å². The second kappa shape index (κ2) is 9.82. The van der Waals surface area contributed by atoms with Crippen LogP contribution in [-0.2, 0) is 16.2 Å². The average Bonchev–Trinajstić information content (AvgIpc) is 3.34. The number of anilines is 1. The van der Waals surface area contributed by atoms with Crippen LogP contribution >= 0.6 is 11.6 Å². The number of carbonyl (C=O) groups is 3. The number of benzene rings is 3. The number of methoxy groups -OCH3 is 1. The van der Waals surface area contributed by atoms with Crippen molar-refractivity contribution in [3.8, 4) is 23.0 Å². The van der Waals surface area contributed by atoms with Crippen molar-refractivity contribution in [2.45, 2.75) is 6.61 Å². The molecule has 0 atom stereocenters. The van der Waals surface area contributed by atoms with E-state index in [-0.39, 0.29) is 41.2 Å².